The highest BCUT2D eigenvalue weighted by atomic mass is 35.5. The molecular formula is C20H19ClFN3O2. The van der Waals surface area contributed by atoms with E-state index in [1.807, 2.05) is 0 Å². The summed E-state index contributed by atoms with van der Waals surface area (Å²) in [5.41, 5.74) is 3.22. The maximum Gasteiger partial charge on any atom is 0.255 e. The number of carbonyl (C=O) groups is 2. The minimum absolute atomic E-state index is 0.128. The van der Waals surface area contributed by atoms with Crippen LogP contribution in [-0.4, -0.2) is 36.0 Å². The molecule has 3 rings (SSSR count). The van der Waals surface area contributed by atoms with Crippen molar-refractivity contribution in [1.29, 1.82) is 0 Å². The second-order valence-electron chi connectivity index (χ2n) is 6.30. The molecule has 1 aliphatic rings. The number of piperidine rings is 1. The molecule has 5 nitrogen and oxygen atoms in total. The molecule has 0 radical (unpaired) electrons. The Kier molecular flexibility index (Phi) is 6.19. The number of nitrogens with one attached hydrogen (secondary N) is 1. The van der Waals surface area contributed by atoms with Crippen molar-refractivity contribution in [1.82, 2.24) is 10.3 Å². The number of benzene rings is 2. The Morgan fingerprint density at radius 1 is 1.11 bits per heavy atom. The lowest BCUT2D eigenvalue weighted by Crippen LogP contribution is -2.42. The zero-order chi connectivity index (χ0) is 19.2. The largest absolute Gasteiger partial charge is 0.339 e. The number of hydrazone groups is 1. The highest BCUT2D eigenvalue weighted by molar-refractivity contribution is 6.33. The van der Waals surface area contributed by atoms with Crippen LogP contribution in [0.1, 0.15) is 28.8 Å². The smallest absolute Gasteiger partial charge is 0.255 e. The van der Waals surface area contributed by atoms with E-state index in [9.17, 15) is 14.0 Å². The van der Waals surface area contributed by atoms with Crippen molar-refractivity contribution in [2.75, 3.05) is 13.1 Å². The number of nitrogens with zero attached hydrogens (tertiary/aromatic N) is 2. The Morgan fingerprint density at radius 2 is 1.78 bits per heavy atom. The van der Waals surface area contributed by atoms with E-state index in [1.54, 1.807) is 47.4 Å². The minimum atomic E-state index is -0.401. The molecule has 0 atom stereocenters. The molecule has 0 saturated carbocycles. The summed E-state index contributed by atoms with van der Waals surface area (Å²) in [4.78, 5) is 26.5. The predicted octanol–water partition coefficient (Wildman–Crippen LogP) is 3.48. The summed E-state index contributed by atoms with van der Waals surface area (Å²) in [7, 11) is 0. The summed E-state index contributed by atoms with van der Waals surface area (Å²) >= 11 is 6.08. The van der Waals surface area contributed by atoms with E-state index in [-0.39, 0.29) is 17.7 Å². The van der Waals surface area contributed by atoms with Crippen LogP contribution in [0.25, 0.3) is 0 Å². The van der Waals surface area contributed by atoms with Crippen LogP contribution in [0, 0.1) is 11.7 Å². The third kappa shape index (κ3) is 4.71. The molecule has 1 heterocycles. The first-order chi connectivity index (χ1) is 13.1. The average Bonchev–Trinajstić information content (AvgIpc) is 2.69. The lowest BCUT2D eigenvalue weighted by molar-refractivity contribution is -0.126. The lowest BCUT2D eigenvalue weighted by atomic mass is 9.95. The fraction of sp³-hybridized carbons (Fsp3) is 0.250. The predicted molar refractivity (Wildman–Crippen MR) is 102 cm³/mol. The van der Waals surface area contributed by atoms with Crippen LogP contribution < -0.4 is 5.43 Å². The van der Waals surface area contributed by atoms with Gasteiger partial charge in [-0.2, -0.15) is 5.10 Å². The van der Waals surface area contributed by atoms with Gasteiger partial charge in [-0.15, -0.1) is 0 Å². The maximum absolute atomic E-state index is 13.5. The van der Waals surface area contributed by atoms with Crippen LogP contribution >= 0.6 is 11.6 Å². The third-order valence-corrected chi connectivity index (χ3v) is 4.87. The Hall–Kier alpha value is -2.73. The monoisotopic (exact) mass is 387 g/mol. The van der Waals surface area contributed by atoms with Gasteiger partial charge in [-0.25, -0.2) is 9.82 Å². The number of carbonyl (C=O) groups excluding carboxylic acids is 2. The molecule has 1 saturated heterocycles. The molecule has 2 aromatic rings. The van der Waals surface area contributed by atoms with Gasteiger partial charge < -0.3 is 4.90 Å². The zero-order valence-electron chi connectivity index (χ0n) is 14.6. The average molecular weight is 388 g/mol. The summed E-state index contributed by atoms with van der Waals surface area (Å²) < 4.78 is 13.5. The van der Waals surface area contributed by atoms with Crippen molar-refractivity contribution < 1.29 is 14.0 Å². The summed E-state index contributed by atoms with van der Waals surface area (Å²) in [5.74, 6) is -0.996. The van der Waals surface area contributed by atoms with Crippen LogP contribution in [0.15, 0.2) is 53.6 Å². The van der Waals surface area contributed by atoms with E-state index in [1.165, 1.54) is 12.3 Å². The van der Waals surface area contributed by atoms with Gasteiger partial charge in [-0.3, -0.25) is 9.59 Å². The molecule has 0 aliphatic carbocycles. The number of hydrogen-bond acceptors (Lipinski definition) is 3. The minimum Gasteiger partial charge on any atom is -0.339 e. The fourth-order valence-electron chi connectivity index (χ4n) is 2.99. The molecule has 2 aromatic carbocycles. The van der Waals surface area contributed by atoms with Crippen molar-refractivity contribution in [3.8, 4) is 0 Å². The molecule has 0 bridgehead atoms. The Labute approximate surface area is 161 Å². The van der Waals surface area contributed by atoms with Gasteiger partial charge in [0.25, 0.3) is 5.91 Å². The quantitative estimate of drug-likeness (QED) is 0.645. The molecule has 1 N–H and O–H groups in total. The lowest BCUT2D eigenvalue weighted by Gasteiger charge is -2.31. The van der Waals surface area contributed by atoms with Gasteiger partial charge in [0.2, 0.25) is 5.91 Å². The van der Waals surface area contributed by atoms with E-state index in [2.05, 4.69) is 10.5 Å². The summed E-state index contributed by atoms with van der Waals surface area (Å²) in [6.45, 7) is 0.943. The molecule has 1 aliphatic heterocycles. The van der Waals surface area contributed by atoms with E-state index in [0.717, 1.165) is 0 Å². The zero-order valence-corrected chi connectivity index (χ0v) is 15.3. The van der Waals surface area contributed by atoms with E-state index < -0.39 is 5.82 Å². The van der Waals surface area contributed by atoms with Crippen LogP contribution in [-0.2, 0) is 4.79 Å². The van der Waals surface area contributed by atoms with Gasteiger partial charge >= 0.3 is 0 Å². The van der Waals surface area contributed by atoms with Gasteiger partial charge in [-0.1, -0.05) is 41.9 Å². The summed E-state index contributed by atoms with van der Waals surface area (Å²) in [6.07, 6.45) is 2.36. The van der Waals surface area contributed by atoms with Crippen molar-refractivity contribution in [3.05, 3.63) is 70.5 Å². The van der Waals surface area contributed by atoms with Gasteiger partial charge in [0.05, 0.1) is 16.8 Å². The molecule has 27 heavy (non-hydrogen) atoms. The van der Waals surface area contributed by atoms with Crippen LogP contribution in [0.5, 0.6) is 0 Å². The molecule has 2 amide bonds. The van der Waals surface area contributed by atoms with Gasteiger partial charge in [0.15, 0.2) is 0 Å². The van der Waals surface area contributed by atoms with Crippen molar-refractivity contribution in [3.63, 3.8) is 0 Å². The first-order valence-electron chi connectivity index (χ1n) is 8.67. The molecule has 0 unspecified atom stereocenters. The van der Waals surface area contributed by atoms with Crippen molar-refractivity contribution in [2.45, 2.75) is 12.8 Å². The summed E-state index contributed by atoms with van der Waals surface area (Å²) in [6, 6.07) is 13.1. The molecule has 140 valence electrons. The van der Waals surface area contributed by atoms with Gasteiger partial charge in [-0.05, 0) is 31.0 Å². The van der Waals surface area contributed by atoms with Crippen molar-refractivity contribution in [2.24, 2.45) is 11.0 Å². The Balaban J connectivity index is 1.51. The standard InChI is InChI=1S/C20H19ClFN3O2/c21-17-7-3-2-6-16(17)20(27)25-11-9-14(10-12-25)19(26)24-23-13-15-5-1-4-8-18(15)22/h1-8,13-14H,9-12H2,(H,24,26)/b23-13-. The second-order valence-corrected chi connectivity index (χ2v) is 6.71. The molecular weight excluding hydrogens is 369 g/mol. The first kappa shape index (κ1) is 19.0. The summed E-state index contributed by atoms with van der Waals surface area (Å²) in [5, 5.41) is 4.25. The molecule has 0 aromatic heterocycles. The Morgan fingerprint density at radius 3 is 2.48 bits per heavy atom. The van der Waals surface area contributed by atoms with E-state index in [4.69, 9.17) is 11.6 Å². The second kappa shape index (κ2) is 8.77. The fourth-order valence-corrected chi connectivity index (χ4v) is 3.20. The van der Waals surface area contributed by atoms with Crippen LogP contribution in [0.2, 0.25) is 5.02 Å². The molecule has 0 spiro atoms. The number of rotatable bonds is 4. The number of hydrogen-bond donors (Lipinski definition) is 1. The number of halogens is 2. The Bertz CT molecular complexity index is 864. The SMILES string of the molecule is O=C(N/N=C\c1ccccc1F)C1CCN(C(=O)c2ccccc2Cl)CC1. The topological polar surface area (TPSA) is 61.8 Å². The first-order valence-corrected chi connectivity index (χ1v) is 9.05. The van der Waals surface area contributed by atoms with Gasteiger partial charge in [0.1, 0.15) is 5.82 Å². The number of likely N-dealkylation sites (tertiary alicyclic amines) is 1. The normalized spacial score (nSPS) is 15.1. The number of amides is 2. The highest BCUT2D eigenvalue weighted by Crippen LogP contribution is 2.22. The highest BCUT2D eigenvalue weighted by Gasteiger charge is 2.28. The van der Waals surface area contributed by atoms with Crippen molar-refractivity contribution >= 4 is 29.6 Å². The van der Waals surface area contributed by atoms with E-state index >= 15 is 0 Å². The maximum atomic E-state index is 13.5. The molecule has 7 heteroatoms. The third-order valence-electron chi connectivity index (χ3n) is 4.54. The van der Waals surface area contributed by atoms with Crippen LogP contribution in [0.4, 0.5) is 4.39 Å². The van der Waals surface area contributed by atoms with Gasteiger partial charge in [0, 0.05) is 24.6 Å². The van der Waals surface area contributed by atoms with E-state index in [0.29, 0.717) is 42.1 Å². The molecule has 1 fully saturated rings. The van der Waals surface area contributed by atoms with Crippen LogP contribution in [0.3, 0.4) is 0 Å².